The van der Waals surface area contributed by atoms with Crippen LogP contribution in [0.3, 0.4) is 0 Å². The van der Waals surface area contributed by atoms with Crippen LogP contribution < -0.4 is 5.32 Å². The summed E-state index contributed by atoms with van der Waals surface area (Å²) in [5, 5.41) is 22.7. The maximum absolute atomic E-state index is 12.0. The monoisotopic (exact) mass is 318 g/mol. The minimum atomic E-state index is -0.581. The number of fused-ring (bicyclic) bond motifs is 1. The summed E-state index contributed by atoms with van der Waals surface area (Å²) >= 11 is 0. The molecule has 1 aromatic carbocycles. The van der Waals surface area contributed by atoms with Gasteiger partial charge < -0.3 is 15.5 Å². The van der Waals surface area contributed by atoms with E-state index in [1.807, 2.05) is 6.07 Å². The van der Waals surface area contributed by atoms with E-state index < -0.39 is 12.2 Å². The number of hydrogen-bond acceptors (Lipinski definition) is 4. The number of aliphatic hydroxyl groups is 2. The zero-order valence-electron chi connectivity index (χ0n) is 13.4. The fourth-order valence-corrected chi connectivity index (χ4v) is 3.67. The predicted octanol–water partition coefficient (Wildman–Crippen LogP) is 0.683. The van der Waals surface area contributed by atoms with Gasteiger partial charge in [-0.2, -0.15) is 0 Å². The molecule has 1 aliphatic carbocycles. The topological polar surface area (TPSA) is 72.8 Å². The summed E-state index contributed by atoms with van der Waals surface area (Å²) in [6.45, 7) is 2.59. The fourth-order valence-electron chi connectivity index (χ4n) is 3.67. The fraction of sp³-hybridized carbons (Fsp3) is 0.611. The molecule has 3 unspecified atom stereocenters. The van der Waals surface area contributed by atoms with Crippen LogP contribution in [0.2, 0.25) is 0 Å². The largest absolute Gasteiger partial charge is 0.392 e. The van der Waals surface area contributed by atoms with Crippen molar-refractivity contribution >= 4 is 5.91 Å². The summed E-state index contributed by atoms with van der Waals surface area (Å²) in [6, 6.07) is 8.41. The molecule has 1 saturated carbocycles. The van der Waals surface area contributed by atoms with Gasteiger partial charge in [0.15, 0.2) is 0 Å². The zero-order valence-corrected chi connectivity index (χ0v) is 13.4. The Balaban J connectivity index is 1.43. The molecule has 3 N–H and O–H groups in total. The highest BCUT2D eigenvalue weighted by molar-refractivity contribution is 5.79. The maximum Gasteiger partial charge on any atom is 0.225 e. The summed E-state index contributed by atoms with van der Waals surface area (Å²) in [5.41, 5.74) is 2.71. The van der Waals surface area contributed by atoms with E-state index in [0.717, 1.165) is 32.4 Å². The van der Waals surface area contributed by atoms with Gasteiger partial charge in [-0.05, 0) is 36.8 Å². The van der Waals surface area contributed by atoms with Crippen molar-refractivity contribution in [3.05, 3.63) is 35.4 Å². The minimum absolute atomic E-state index is 0.127. The molecule has 2 aliphatic rings. The molecule has 0 bridgehead atoms. The van der Waals surface area contributed by atoms with Crippen LogP contribution in [0.1, 0.15) is 30.4 Å². The summed E-state index contributed by atoms with van der Waals surface area (Å²) in [7, 11) is 0. The SMILES string of the molecule is O=C(NCC(O)CN1CCc2ccccc2C1)C1CCCC1O. The summed E-state index contributed by atoms with van der Waals surface area (Å²) in [4.78, 5) is 14.2. The normalized spacial score (nSPS) is 25.8. The second kappa shape index (κ2) is 7.43. The highest BCUT2D eigenvalue weighted by atomic mass is 16.3. The van der Waals surface area contributed by atoms with Crippen molar-refractivity contribution in [3.63, 3.8) is 0 Å². The molecule has 23 heavy (non-hydrogen) atoms. The van der Waals surface area contributed by atoms with Crippen LogP contribution in [0, 0.1) is 5.92 Å². The van der Waals surface area contributed by atoms with Gasteiger partial charge in [-0.3, -0.25) is 9.69 Å². The number of amides is 1. The first-order chi connectivity index (χ1) is 11.1. The van der Waals surface area contributed by atoms with Gasteiger partial charge in [-0.15, -0.1) is 0 Å². The van der Waals surface area contributed by atoms with Crippen LogP contribution in [0.25, 0.3) is 0 Å². The van der Waals surface area contributed by atoms with E-state index in [4.69, 9.17) is 0 Å². The minimum Gasteiger partial charge on any atom is -0.392 e. The van der Waals surface area contributed by atoms with Crippen LogP contribution >= 0.6 is 0 Å². The molecule has 0 spiro atoms. The zero-order chi connectivity index (χ0) is 16.2. The Morgan fingerprint density at radius 1 is 1.30 bits per heavy atom. The summed E-state index contributed by atoms with van der Waals surface area (Å²) in [6.07, 6.45) is 2.24. The molecule has 1 amide bonds. The van der Waals surface area contributed by atoms with Gasteiger partial charge in [0.25, 0.3) is 0 Å². The standard InChI is InChI=1S/C18H26N2O3/c21-15(10-19-18(23)16-6-3-7-17(16)22)12-20-9-8-13-4-1-2-5-14(13)11-20/h1-2,4-5,15-17,21-22H,3,6-12H2,(H,19,23). The van der Waals surface area contributed by atoms with Crippen molar-refractivity contribution in [1.82, 2.24) is 10.2 Å². The molecular weight excluding hydrogens is 292 g/mol. The summed E-state index contributed by atoms with van der Waals surface area (Å²) in [5.74, 6) is -0.429. The molecule has 0 aromatic heterocycles. The first-order valence-corrected chi connectivity index (χ1v) is 8.56. The molecule has 5 nitrogen and oxygen atoms in total. The van der Waals surface area contributed by atoms with E-state index in [2.05, 4.69) is 28.4 Å². The summed E-state index contributed by atoms with van der Waals surface area (Å²) < 4.78 is 0. The Hall–Kier alpha value is -1.43. The Kier molecular flexibility index (Phi) is 5.30. The average molecular weight is 318 g/mol. The van der Waals surface area contributed by atoms with Gasteiger partial charge >= 0.3 is 0 Å². The number of benzene rings is 1. The molecule has 3 atom stereocenters. The van der Waals surface area contributed by atoms with Gasteiger partial charge in [-0.25, -0.2) is 0 Å². The third-order valence-electron chi connectivity index (χ3n) is 5.01. The maximum atomic E-state index is 12.0. The van der Waals surface area contributed by atoms with E-state index in [9.17, 15) is 15.0 Å². The van der Waals surface area contributed by atoms with E-state index in [1.54, 1.807) is 0 Å². The van der Waals surface area contributed by atoms with E-state index in [0.29, 0.717) is 13.0 Å². The van der Waals surface area contributed by atoms with E-state index >= 15 is 0 Å². The van der Waals surface area contributed by atoms with Gasteiger partial charge in [0.1, 0.15) is 0 Å². The highest BCUT2D eigenvalue weighted by Crippen LogP contribution is 2.25. The Bertz CT molecular complexity index is 549. The van der Waals surface area contributed by atoms with Crippen molar-refractivity contribution in [1.29, 1.82) is 0 Å². The third-order valence-corrected chi connectivity index (χ3v) is 5.01. The Morgan fingerprint density at radius 2 is 2.09 bits per heavy atom. The number of carbonyl (C=O) groups excluding carboxylic acids is 1. The van der Waals surface area contributed by atoms with Crippen molar-refractivity contribution in [3.8, 4) is 0 Å². The van der Waals surface area contributed by atoms with Gasteiger partial charge in [0.2, 0.25) is 5.91 Å². The first-order valence-electron chi connectivity index (χ1n) is 8.56. The molecule has 3 rings (SSSR count). The number of nitrogens with one attached hydrogen (secondary N) is 1. The lowest BCUT2D eigenvalue weighted by Gasteiger charge is -2.30. The molecule has 0 radical (unpaired) electrons. The quantitative estimate of drug-likeness (QED) is 0.747. The lowest BCUT2D eigenvalue weighted by Crippen LogP contribution is -2.44. The third kappa shape index (κ3) is 4.10. The van der Waals surface area contributed by atoms with Gasteiger partial charge in [0, 0.05) is 26.2 Å². The molecule has 126 valence electrons. The predicted molar refractivity (Wildman–Crippen MR) is 87.8 cm³/mol. The lowest BCUT2D eigenvalue weighted by molar-refractivity contribution is -0.128. The van der Waals surface area contributed by atoms with Crippen LogP contribution in [-0.2, 0) is 17.8 Å². The van der Waals surface area contributed by atoms with Crippen LogP contribution in [0.15, 0.2) is 24.3 Å². The molecule has 1 aliphatic heterocycles. The molecular formula is C18H26N2O3. The van der Waals surface area contributed by atoms with Crippen LogP contribution in [0.4, 0.5) is 0 Å². The van der Waals surface area contributed by atoms with E-state index in [-0.39, 0.29) is 18.4 Å². The number of aliphatic hydroxyl groups excluding tert-OH is 2. The molecule has 1 heterocycles. The molecule has 0 saturated heterocycles. The van der Waals surface area contributed by atoms with Crippen molar-refractivity contribution in [2.45, 2.75) is 44.4 Å². The van der Waals surface area contributed by atoms with Crippen LogP contribution in [0.5, 0.6) is 0 Å². The molecule has 1 aromatic rings. The van der Waals surface area contributed by atoms with Gasteiger partial charge in [0.05, 0.1) is 18.1 Å². The Labute approximate surface area is 137 Å². The van der Waals surface area contributed by atoms with Crippen molar-refractivity contribution in [2.75, 3.05) is 19.6 Å². The number of hydrogen-bond donors (Lipinski definition) is 3. The smallest absolute Gasteiger partial charge is 0.225 e. The van der Waals surface area contributed by atoms with Crippen LogP contribution in [-0.4, -0.2) is 52.9 Å². The van der Waals surface area contributed by atoms with E-state index in [1.165, 1.54) is 11.1 Å². The number of carbonyl (C=O) groups is 1. The van der Waals surface area contributed by atoms with Crippen molar-refractivity contribution in [2.24, 2.45) is 5.92 Å². The second-order valence-electron chi connectivity index (χ2n) is 6.76. The Morgan fingerprint density at radius 3 is 2.83 bits per heavy atom. The number of nitrogens with zero attached hydrogens (tertiary/aromatic N) is 1. The first kappa shape index (κ1) is 16.4. The number of β-amino-alcohol motifs (C(OH)–C–C–N with tert-alkyl or cyclic N) is 1. The molecule has 1 fully saturated rings. The second-order valence-corrected chi connectivity index (χ2v) is 6.76. The average Bonchev–Trinajstić information content (AvgIpc) is 2.98. The molecule has 5 heteroatoms. The van der Waals surface area contributed by atoms with Gasteiger partial charge in [-0.1, -0.05) is 24.3 Å². The highest BCUT2D eigenvalue weighted by Gasteiger charge is 2.31. The number of rotatable bonds is 5. The van der Waals surface area contributed by atoms with Crippen molar-refractivity contribution < 1.29 is 15.0 Å². The lowest BCUT2D eigenvalue weighted by atomic mass is 10.00.